The molecule has 0 aliphatic rings. The van der Waals surface area contributed by atoms with Gasteiger partial charge >= 0.3 is 0 Å². The standard InChI is InChI=1S/C20H30N2O5/c1-2-3-10-14-19(21(24)25)16-13-17-20(22(26)27)15-11-8-6-4-5-7-9-12-18-23/h3,8,10-11,16-18H,2,4-7,9,12-15H2,1H3/b10-3-,11-8-,19-16+,20-17+. The second-order valence-corrected chi connectivity index (χ2v) is 6.06. The molecule has 0 radical (unpaired) electrons. The minimum atomic E-state index is -0.450. The lowest BCUT2D eigenvalue weighted by Gasteiger charge is -1.97. The molecule has 0 N–H and O–H groups in total. The maximum Gasteiger partial charge on any atom is 0.246 e. The SMILES string of the molecule is CC/C=C\C/C(=C\C/C=C(\C/C=C\CCCCCCC=O)[N+](=O)[O-])[N+](=O)[O-]. The van der Waals surface area contributed by atoms with E-state index in [-0.39, 0.29) is 30.7 Å². The number of hydrogen-bond donors (Lipinski definition) is 0. The molecule has 0 aliphatic heterocycles. The number of nitro groups is 2. The number of allylic oxidation sites excluding steroid dienone is 6. The number of nitrogens with zero attached hydrogens (tertiary/aromatic N) is 2. The molecule has 0 heterocycles. The number of carbonyl (C=O) groups is 1. The van der Waals surface area contributed by atoms with Gasteiger partial charge < -0.3 is 4.79 Å². The Kier molecular flexibility index (Phi) is 15.3. The summed E-state index contributed by atoms with van der Waals surface area (Å²) in [7, 11) is 0. The van der Waals surface area contributed by atoms with Crippen LogP contribution in [0.15, 0.2) is 47.9 Å². The highest BCUT2D eigenvalue weighted by Gasteiger charge is 2.10. The highest BCUT2D eigenvalue weighted by atomic mass is 16.6. The van der Waals surface area contributed by atoms with Gasteiger partial charge in [0.15, 0.2) is 0 Å². The monoisotopic (exact) mass is 378 g/mol. The Labute approximate surface area is 160 Å². The Hall–Kier alpha value is -2.57. The minimum Gasteiger partial charge on any atom is -0.303 e. The smallest absolute Gasteiger partial charge is 0.246 e. The predicted molar refractivity (Wildman–Crippen MR) is 106 cm³/mol. The molecule has 150 valence electrons. The molecule has 0 spiro atoms. The second kappa shape index (κ2) is 16.9. The normalized spacial score (nSPS) is 12.8. The first kappa shape index (κ1) is 24.4. The van der Waals surface area contributed by atoms with Crippen LogP contribution in [0.1, 0.15) is 71.1 Å². The van der Waals surface area contributed by atoms with Crippen LogP contribution < -0.4 is 0 Å². The first-order valence-corrected chi connectivity index (χ1v) is 9.43. The summed E-state index contributed by atoms with van der Waals surface area (Å²) in [6.07, 6.45) is 17.9. The fraction of sp³-hybridized carbons (Fsp3) is 0.550. The molecule has 0 unspecified atom stereocenters. The quantitative estimate of drug-likeness (QED) is 0.115. The number of rotatable bonds is 16. The molecule has 0 saturated carbocycles. The molecular weight excluding hydrogens is 348 g/mol. The molecule has 0 atom stereocenters. The highest BCUT2D eigenvalue weighted by molar-refractivity contribution is 5.48. The van der Waals surface area contributed by atoms with Crippen molar-refractivity contribution in [3.63, 3.8) is 0 Å². The molecule has 0 fully saturated rings. The molecule has 0 aromatic rings. The summed E-state index contributed by atoms with van der Waals surface area (Å²) in [4.78, 5) is 31.4. The Morgan fingerprint density at radius 1 is 0.778 bits per heavy atom. The lowest BCUT2D eigenvalue weighted by Crippen LogP contribution is -1.99. The van der Waals surface area contributed by atoms with Crippen molar-refractivity contribution in [3.05, 3.63) is 68.1 Å². The van der Waals surface area contributed by atoms with Crippen molar-refractivity contribution >= 4 is 6.29 Å². The first-order valence-electron chi connectivity index (χ1n) is 9.43. The van der Waals surface area contributed by atoms with Crippen LogP contribution in [0.3, 0.4) is 0 Å². The average molecular weight is 378 g/mol. The predicted octanol–water partition coefficient (Wildman–Crippen LogP) is 5.54. The lowest BCUT2D eigenvalue weighted by molar-refractivity contribution is -0.427. The van der Waals surface area contributed by atoms with E-state index in [4.69, 9.17) is 0 Å². The number of unbranched alkanes of at least 4 members (excludes halogenated alkanes) is 5. The molecular formula is C20H30N2O5. The van der Waals surface area contributed by atoms with Gasteiger partial charge in [0, 0.05) is 6.42 Å². The lowest BCUT2D eigenvalue weighted by atomic mass is 10.1. The van der Waals surface area contributed by atoms with E-state index in [0.717, 1.165) is 44.8 Å². The van der Waals surface area contributed by atoms with Gasteiger partial charge in [0.2, 0.25) is 11.4 Å². The number of carbonyl (C=O) groups excluding carboxylic acids is 1. The van der Waals surface area contributed by atoms with Gasteiger partial charge in [-0.1, -0.05) is 44.1 Å². The van der Waals surface area contributed by atoms with E-state index in [2.05, 4.69) is 0 Å². The van der Waals surface area contributed by atoms with Gasteiger partial charge in [-0.25, -0.2) is 0 Å². The van der Waals surface area contributed by atoms with Crippen LogP contribution in [0.5, 0.6) is 0 Å². The van der Waals surface area contributed by atoms with Gasteiger partial charge in [0.05, 0.1) is 22.7 Å². The van der Waals surface area contributed by atoms with Crippen molar-refractivity contribution in [3.8, 4) is 0 Å². The summed E-state index contributed by atoms with van der Waals surface area (Å²) < 4.78 is 0. The van der Waals surface area contributed by atoms with Crippen LogP contribution >= 0.6 is 0 Å². The van der Waals surface area contributed by atoms with Gasteiger partial charge in [-0.05, 0) is 44.3 Å². The molecule has 0 amide bonds. The van der Waals surface area contributed by atoms with Crippen molar-refractivity contribution < 1.29 is 14.6 Å². The molecule has 27 heavy (non-hydrogen) atoms. The third-order valence-electron chi connectivity index (χ3n) is 3.84. The zero-order valence-electron chi connectivity index (χ0n) is 16.0. The largest absolute Gasteiger partial charge is 0.303 e. The molecule has 0 saturated heterocycles. The van der Waals surface area contributed by atoms with Gasteiger partial charge in [-0.2, -0.15) is 0 Å². The van der Waals surface area contributed by atoms with Crippen LogP contribution in [0.25, 0.3) is 0 Å². The molecule has 0 rings (SSSR count). The van der Waals surface area contributed by atoms with E-state index in [1.54, 1.807) is 12.2 Å². The molecule has 7 nitrogen and oxygen atoms in total. The topological polar surface area (TPSA) is 103 Å². The van der Waals surface area contributed by atoms with Crippen molar-refractivity contribution in [1.82, 2.24) is 0 Å². The summed E-state index contributed by atoms with van der Waals surface area (Å²) in [5, 5.41) is 22.1. The van der Waals surface area contributed by atoms with Crippen LogP contribution in [0.4, 0.5) is 0 Å². The van der Waals surface area contributed by atoms with Gasteiger partial charge in [0.1, 0.15) is 6.29 Å². The molecule has 7 heteroatoms. The Balaban J connectivity index is 4.44. The van der Waals surface area contributed by atoms with Crippen LogP contribution in [0, 0.1) is 20.2 Å². The fourth-order valence-electron chi connectivity index (χ4n) is 2.33. The summed E-state index contributed by atoms with van der Waals surface area (Å²) >= 11 is 0. The molecule has 0 aliphatic carbocycles. The van der Waals surface area contributed by atoms with E-state index >= 15 is 0 Å². The van der Waals surface area contributed by atoms with E-state index in [1.807, 2.05) is 19.1 Å². The van der Waals surface area contributed by atoms with E-state index in [1.165, 1.54) is 12.2 Å². The van der Waals surface area contributed by atoms with Crippen LogP contribution in [0.2, 0.25) is 0 Å². The average Bonchev–Trinajstić information content (AvgIpc) is 2.63. The molecule has 0 aromatic carbocycles. The highest BCUT2D eigenvalue weighted by Crippen LogP contribution is 2.11. The van der Waals surface area contributed by atoms with Crippen molar-refractivity contribution in [1.29, 1.82) is 0 Å². The Morgan fingerprint density at radius 3 is 1.78 bits per heavy atom. The van der Waals surface area contributed by atoms with Gasteiger partial charge in [0.25, 0.3) is 0 Å². The zero-order valence-corrected chi connectivity index (χ0v) is 16.0. The van der Waals surface area contributed by atoms with E-state index in [0.29, 0.717) is 6.42 Å². The summed E-state index contributed by atoms with van der Waals surface area (Å²) in [6, 6.07) is 0. The van der Waals surface area contributed by atoms with Crippen molar-refractivity contribution in [2.45, 2.75) is 71.1 Å². The molecule has 0 bridgehead atoms. The van der Waals surface area contributed by atoms with Crippen molar-refractivity contribution in [2.24, 2.45) is 0 Å². The number of hydrogen-bond acceptors (Lipinski definition) is 5. The van der Waals surface area contributed by atoms with Crippen molar-refractivity contribution in [2.75, 3.05) is 0 Å². The van der Waals surface area contributed by atoms with Gasteiger partial charge in [-0.15, -0.1) is 0 Å². The van der Waals surface area contributed by atoms with E-state index < -0.39 is 9.85 Å². The minimum absolute atomic E-state index is 0.0419. The molecule has 0 aromatic heterocycles. The third kappa shape index (κ3) is 14.3. The Morgan fingerprint density at radius 2 is 1.30 bits per heavy atom. The van der Waals surface area contributed by atoms with Gasteiger partial charge in [-0.3, -0.25) is 20.2 Å². The van der Waals surface area contributed by atoms with Crippen LogP contribution in [-0.4, -0.2) is 16.1 Å². The second-order valence-electron chi connectivity index (χ2n) is 6.06. The maximum absolute atomic E-state index is 11.1. The third-order valence-corrected chi connectivity index (χ3v) is 3.84. The fourth-order valence-corrected chi connectivity index (χ4v) is 2.33. The zero-order chi connectivity index (χ0) is 20.3. The first-order chi connectivity index (χ1) is 13.0. The van der Waals surface area contributed by atoms with Crippen LogP contribution in [-0.2, 0) is 4.79 Å². The Bertz CT molecular complexity index is 577. The van der Waals surface area contributed by atoms with E-state index in [9.17, 15) is 25.0 Å². The summed E-state index contributed by atoms with van der Waals surface area (Å²) in [5.41, 5.74) is 0.0871. The summed E-state index contributed by atoms with van der Waals surface area (Å²) in [5.74, 6) is 0. The summed E-state index contributed by atoms with van der Waals surface area (Å²) in [6.45, 7) is 1.94. The maximum atomic E-state index is 11.1. The number of aldehydes is 1.